The average Bonchev–Trinajstić information content (AvgIpc) is 3.40. The van der Waals surface area contributed by atoms with E-state index in [4.69, 9.17) is 25.7 Å². The summed E-state index contributed by atoms with van der Waals surface area (Å²) in [6.45, 7) is 1.69. The van der Waals surface area contributed by atoms with E-state index < -0.39 is 0 Å². The van der Waals surface area contributed by atoms with Crippen LogP contribution in [0.3, 0.4) is 0 Å². The second-order valence-corrected chi connectivity index (χ2v) is 10.8. The topological polar surface area (TPSA) is 98.7 Å². The third-order valence-corrected chi connectivity index (χ3v) is 7.24. The van der Waals surface area contributed by atoms with Crippen LogP contribution in [0.5, 0.6) is 5.75 Å². The molecule has 0 radical (unpaired) electrons. The van der Waals surface area contributed by atoms with Crippen molar-refractivity contribution in [1.82, 2.24) is 9.66 Å². The molecule has 1 amide bonds. The van der Waals surface area contributed by atoms with Gasteiger partial charge in [-0.25, -0.2) is 4.98 Å². The van der Waals surface area contributed by atoms with Gasteiger partial charge < -0.3 is 14.5 Å². The Kier molecular flexibility index (Phi) is 7.60. The van der Waals surface area contributed by atoms with Gasteiger partial charge in [-0.15, -0.1) is 0 Å². The number of halogens is 2. The number of nitrogens with one attached hydrogen (secondary N) is 1. The van der Waals surface area contributed by atoms with Gasteiger partial charge in [-0.2, -0.15) is 9.78 Å². The van der Waals surface area contributed by atoms with Gasteiger partial charge in [-0.3, -0.25) is 9.59 Å². The van der Waals surface area contributed by atoms with Gasteiger partial charge in [0, 0.05) is 26.1 Å². The first kappa shape index (κ1) is 27.4. The predicted molar refractivity (Wildman–Crippen MR) is 169 cm³/mol. The van der Waals surface area contributed by atoms with E-state index in [2.05, 4.69) is 26.3 Å². The minimum absolute atomic E-state index is 0.220. The summed E-state index contributed by atoms with van der Waals surface area (Å²) in [4.78, 5) is 31.0. The average molecular weight is 642 g/mol. The van der Waals surface area contributed by atoms with Gasteiger partial charge in [-0.1, -0.05) is 57.9 Å². The Bertz CT molecular complexity index is 2070. The Morgan fingerprint density at radius 3 is 2.74 bits per heavy atom. The zero-order valence-corrected chi connectivity index (χ0v) is 24.5. The van der Waals surface area contributed by atoms with Crippen LogP contribution in [-0.4, -0.2) is 28.4 Å². The number of amides is 1. The summed E-state index contributed by atoms with van der Waals surface area (Å²) in [5.41, 5.74) is 2.93. The molecule has 0 aliphatic heterocycles. The lowest BCUT2D eigenvalue weighted by atomic mass is 10.2. The highest BCUT2D eigenvalue weighted by atomic mass is 79.9. The van der Waals surface area contributed by atoms with Gasteiger partial charge in [0.05, 0.1) is 17.1 Å². The number of para-hydroxylation sites is 2. The highest BCUT2D eigenvalue weighted by Crippen LogP contribution is 2.29. The van der Waals surface area contributed by atoms with Crippen molar-refractivity contribution in [2.45, 2.75) is 6.92 Å². The van der Waals surface area contributed by atoms with E-state index in [1.807, 2.05) is 37.3 Å². The molecule has 0 fully saturated rings. The minimum atomic E-state index is -0.375. The van der Waals surface area contributed by atoms with Gasteiger partial charge in [0.1, 0.15) is 11.3 Å². The molecule has 0 aliphatic rings. The number of carbonyl (C=O) groups is 1. The first-order chi connectivity index (χ1) is 20.4. The smallest absolute Gasteiger partial charge is 0.282 e. The van der Waals surface area contributed by atoms with E-state index in [1.54, 1.807) is 60.7 Å². The highest BCUT2D eigenvalue weighted by Gasteiger charge is 2.17. The number of benzene rings is 4. The molecule has 0 aliphatic carbocycles. The van der Waals surface area contributed by atoms with E-state index in [0.29, 0.717) is 44.3 Å². The monoisotopic (exact) mass is 640 g/mol. The van der Waals surface area contributed by atoms with Crippen molar-refractivity contribution >= 4 is 67.2 Å². The van der Waals surface area contributed by atoms with Crippen molar-refractivity contribution in [3.05, 3.63) is 122 Å². The van der Waals surface area contributed by atoms with Crippen LogP contribution in [0, 0.1) is 6.92 Å². The molecule has 208 valence electrons. The van der Waals surface area contributed by atoms with Gasteiger partial charge in [0.2, 0.25) is 5.82 Å². The zero-order chi connectivity index (χ0) is 29.2. The Morgan fingerprint density at radius 2 is 1.88 bits per heavy atom. The highest BCUT2D eigenvalue weighted by molar-refractivity contribution is 9.10. The molecule has 6 rings (SSSR count). The van der Waals surface area contributed by atoms with Crippen LogP contribution in [0.4, 0.5) is 5.69 Å². The van der Waals surface area contributed by atoms with Crippen molar-refractivity contribution in [3.63, 3.8) is 0 Å². The summed E-state index contributed by atoms with van der Waals surface area (Å²) in [7, 11) is 0. The van der Waals surface area contributed by atoms with Crippen LogP contribution in [-0.2, 0) is 4.79 Å². The molecule has 0 atom stereocenters. The molecular formula is C32H22BrClN4O4. The van der Waals surface area contributed by atoms with Gasteiger partial charge in [0.15, 0.2) is 12.4 Å². The van der Waals surface area contributed by atoms with Crippen molar-refractivity contribution in [2.24, 2.45) is 5.10 Å². The number of ether oxygens (including phenoxy) is 1. The fourth-order valence-corrected chi connectivity index (χ4v) is 4.99. The maximum Gasteiger partial charge on any atom is 0.282 e. The third-order valence-electron chi connectivity index (χ3n) is 6.51. The van der Waals surface area contributed by atoms with Crippen molar-refractivity contribution in [2.75, 3.05) is 11.9 Å². The molecule has 42 heavy (non-hydrogen) atoms. The molecule has 0 bridgehead atoms. The number of anilines is 1. The summed E-state index contributed by atoms with van der Waals surface area (Å²) in [5.74, 6) is 0.671. The van der Waals surface area contributed by atoms with E-state index >= 15 is 0 Å². The first-order valence-electron chi connectivity index (χ1n) is 12.9. The fourth-order valence-electron chi connectivity index (χ4n) is 4.43. The van der Waals surface area contributed by atoms with Crippen molar-refractivity contribution < 1.29 is 13.9 Å². The number of aromatic nitrogens is 2. The van der Waals surface area contributed by atoms with Gasteiger partial charge >= 0.3 is 0 Å². The Hall–Kier alpha value is -4.73. The molecule has 2 aromatic heterocycles. The lowest BCUT2D eigenvalue weighted by Gasteiger charge is -2.12. The van der Waals surface area contributed by atoms with Crippen molar-refractivity contribution in [1.29, 1.82) is 0 Å². The Labute approximate surface area is 253 Å². The summed E-state index contributed by atoms with van der Waals surface area (Å²) < 4.78 is 13.9. The van der Waals surface area contributed by atoms with Crippen LogP contribution in [0.1, 0.15) is 11.1 Å². The molecule has 0 spiro atoms. The minimum Gasteiger partial charge on any atom is -0.483 e. The van der Waals surface area contributed by atoms with Crippen LogP contribution in [0.25, 0.3) is 33.5 Å². The number of fused-ring (bicyclic) bond motifs is 2. The standard InChI is InChI=1S/C32H22BrClN4O4/c1-19-6-2-4-8-25(19)36-30(39)18-41-27-12-10-22(33)14-21(27)17-35-38-31(37-26-9-5-3-7-24(26)32(38)40)29-16-20-15-23(34)11-13-28(20)42-29/h2-17H,18H2,1H3,(H,36,39). The summed E-state index contributed by atoms with van der Waals surface area (Å²) >= 11 is 9.64. The largest absolute Gasteiger partial charge is 0.483 e. The lowest BCUT2D eigenvalue weighted by Crippen LogP contribution is -2.21. The Balaban J connectivity index is 1.36. The Morgan fingerprint density at radius 1 is 1.07 bits per heavy atom. The normalized spacial score (nSPS) is 11.4. The zero-order valence-electron chi connectivity index (χ0n) is 22.2. The van der Waals surface area contributed by atoms with Crippen LogP contribution in [0.2, 0.25) is 5.02 Å². The number of nitrogens with zero attached hydrogens (tertiary/aromatic N) is 3. The SMILES string of the molecule is Cc1ccccc1NC(=O)COc1ccc(Br)cc1C=Nn1c(-c2cc3cc(Cl)ccc3o2)nc2ccccc2c1=O. The van der Waals surface area contributed by atoms with Gasteiger partial charge in [0.25, 0.3) is 11.5 Å². The molecule has 10 heteroatoms. The number of aryl methyl sites for hydroxylation is 1. The van der Waals surface area contributed by atoms with Crippen LogP contribution < -0.4 is 15.6 Å². The maximum atomic E-state index is 13.6. The number of hydrogen-bond acceptors (Lipinski definition) is 6. The maximum absolute atomic E-state index is 13.6. The van der Waals surface area contributed by atoms with Crippen LogP contribution >= 0.6 is 27.5 Å². The number of furan rings is 1. The summed E-state index contributed by atoms with van der Waals surface area (Å²) in [6.07, 6.45) is 1.49. The fraction of sp³-hybridized carbons (Fsp3) is 0.0625. The summed E-state index contributed by atoms with van der Waals surface area (Å²) in [5, 5.41) is 9.11. The first-order valence-corrected chi connectivity index (χ1v) is 14.1. The molecular weight excluding hydrogens is 620 g/mol. The second-order valence-electron chi connectivity index (χ2n) is 9.44. The van der Waals surface area contributed by atoms with Crippen molar-refractivity contribution in [3.8, 4) is 17.3 Å². The quantitative estimate of drug-likeness (QED) is 0.183. The van der Waals surface area contributed by atoms with Gasteiger partial charge in [-0.05, 0) is 73.2 Å². The third kappa shape index (κ3) is 5.70. The van der Waals surface area contributed by atoms with E-state index in [9.17, 15) is 9.59 Å². The second kappa shape index (κ2) is 11.6. The molecule has 4 aromatic carbocycles. The number of rotatable bonds is 7. The van der Waals surface area contributed by atoms with Crippen LogP contribution in [0.15, 0.2) is 110 Å². The lowest BCUT2D eigenvalue weighted by molar-refractivity contribution is -0.118. The molecule has 0 saturated carbocycles. The van der Waals surface area contributed by atoms with E-state index in [-0.39, 0.29) is 23.9 Å². The summed E-state index contributed by atoms with van der Waals surface area (Å²) in [6, 6.07) is 26.9. The molecule has 6 aromatic rings. The molecule has 2 heterocycles. The predicted octanol–water partition coefficient (Wildman–Crippen LogP) is 7.43. The molecule has 1 N–H and O–H groups in total. The number of carbonyl (C=O) groups excluding carboxylic acids is 1. The molecule has 8 nitrogen and oxygen atoms in total. The molecule has 0 saturated heterocycles. The van der Waals surface area contributed by atoms with E-state index in [1.165, 1.54) is 10.9 Å². The number of hydrogen-bond donors (Lipinski definition) is 1. The van der Waals surface area contributed by atoms with E-state index in [0.717, 1.165) is 15.4 Å². The molecule has 0 unspecified atom stereocenters.